The molecule has 0 aliphatic rings. The highest BCUT2D eigenvalue weighted by Crippen LogP contribution is 2.19. The van der Waals surface area contributed by atoms with Crippen LogP contribution in [-0.4, -0.2) is 23.8 Å². The van der Waals surface area contributed by atoms with E-state index in [1.54, 1.807) is 0 Å². The van der Waals surface area contributed by atoms with Crippen molar-refractivity contribution in [3.05, 3.63) is 54.9 Å². The summed E-state index contributed by atoms with van der Waals surface area (Å²) in [5, 5.41) is 2.07. The van der Waals surface area contributed by atoms with Gasteiger partial charge in [0.25, 0.3) is 0 Å². The number of hydrazine groups is 1. The van der Waals surface area contributed by atoms with Gasteiger partial charge in [-0.05, 0) is 30.7 Å². The van der Waals surface area contributed by atoms with Crippen LogP contribution < -0.4 is 10.4 Å². The molecule has 1 aromatic carbocycles. The first kappa shape index (κ1) is 14.9. The van der Waals surface area contributed by atoms with Gasteiger partial charge in [0.05, 0.1) is 5.69 Å². The Morgan fingerprint density at radius 2 is 1.85 bits per heavy atom. The zero-order valence-electron chi connectivity index (χ0n) is 12.0. The molecule has 2 rings (SSSR count). The van der Waals surface area contributed by atoms with Crippen LogP contribution in [0.25, 0.3) is 0 Å². The van der Waals surface area contributed by atoms with Gasteiger partial charge in [-0.25, -0.2) is 5.43 Å². The third-order valence-electron chi connectivity index (χ3n) is 3.11. The van der Waals surface area contributed by atoms with Gasteiger partial charge in [0, 0.05) is 36.1 Å². The average Bonchev–Trinajstić information content (AvgIpc) is 2.53. The Bertz CT molecular complexity index is 490. The summed E-state index contributed by atoms with van der Waals surface area (Å²) < 4.78 is 0. The van der Waals surface area contributed by atoms with E-state index in [-0.39, 0.29) is 0 Å². The molecule has 4 heteroatoms. The lowest BCUT2D eigenvalue weighted by atomic mass is 10.3. The Hall–Kier alpha value is -1.52. The highest BCUT2D eigenvalue weighted by molar-refractivity contribution is 7.99. The summed E-state index contributed by atoms with van der Waals surface area (Å²) in [6.45, 7) is 2.21. The second-order valence-corrected chi connectivity index (χ2v) is 5.72. The fourth-order valence-electron chi connectivity index (χ4n) is 1.88. The van der Waals surface area contributed by atoms with E-state index in [9.17, 15) is 0 Å². The highest BCUT2D eigenvalue weighted by Gasteiger charge is 2.09. The number of nitrogens with one attached hydrogen (secondary N) is 1. The third kappa shape index (κ3) is 4.54. The van der Waals surface area contributed by atoms with Crippen molar-refractivity contribution in [1.82, 2.24) is 10.4 Å². The smallest absolute Gasteiger partial charge is 0.0547 e. The van der Waals surface area contributed by atoms with E-state index in [1.807, 2.05) is 43.3 Å². The van der Waals surface area contributed by atoms with E-state index in [1.165, 1.54) is 4.90 Å². The number of nitrogens with zero attached hydrogens (tertiary/aromatic N) is 2. The van der Waals surface area contributed by atoms with Crippen molar-refractivity contribution in [2.75, 3.05) is 17.8 Å². The summed E-state index contributed by atoms with van der Waals surface area (Å²) in [4.78, 5) is 5.36. The first-order chi connectivity index (χ1) is 9.79. The van der Waals surface area contributed by atoms with Crippen LogP contribution in [0.15, 0.2) is 59.8 Å². The number of thioether (sulfide) groups is 1. The Balaban J connectivity index is 1.86. The number of hydrogen-bond donors (Lipinski definition) is 1. The maximum absolute atomic E-state index is 4.04. The molecule has 106 valence electrons. The number of aromatic nitrogens is 1. The van der Waals surface area contributed by atoms with Crippen LogP contribution in [0.5, 0.6) is 0 Å². The fraction of sp³-hybridized carbons (Fsp3) is 0.312. The summed E-state index contributed by atoms with van der Waals surface area (Å²) in [7, 11) is 2.05. The summed E-state index contributed by atoms with van der Waals surface area (Å²) >= 11 is 1.89. The van der Waals surface area contributed by atoms with Crippen LogP contribution in [0.4, 0.5) is 5.69 Å². The molecule has 0 saturated heterocycles. The molecule has 20 heavy (non-hydrogen) atoms. The summed E-state index contributed by atoms with van der Waals surface area (Å²) in [5.41, 5.74) is 4.67. The monoisotopic (exact) mass is 287 g/mol. The average molecular weight is 287 g/mol. The Kier molecular flexibility index (Phi) is 5.89. The van der Waals surface area contributed by atoms with Crippen LogP contribution in [0.1, 0.15) is 13.3 Å². The zero-order chi connectivity index (χ0) is 14.2. The number of anilines is 1. The predicted molar refractivity (Wildman–Crippen MR) is 87.0 cm³/mol. The molecule has 0 bridgehead atoms. The third-order valence-corrected chi connectivity index (χ3v) is 4.29. The van der Waals surface area contributed by atoms with Crippen molar-refractivity contribution in [3.8, 4) is 0 Å². The molecule has 1 heterocycles. The van der Waals surface area contributed by atoms with Gasteiger partial charge in [-0.1, -0.05) is 25.1 Å². The number of benzene rings is 1. The van der Waals surface area contributed by atoms with Gasteiger partial charge in [-0.2, -0.15) is 0 Å². The lowest BCUT2D eigenvalue weighted by Gasteiger charge is -2.26. The minimum absolute atomic E-state index is 0.443. The Labute approximate surface area is 125 Å². The molecule has 1 atom stereocenters. The van der Waals surface area contributed by atoms with Crippen molar-refractivity contribution in [2.24, 2.45) is 0 Å². The second kappa shape index (κ2) is 7.92. The van der Waals surface area contributed by atoms with E-state index in [2.05, 4.69) is 52.7 Å². The molecule has 1 N–H and O–H groups in total. The minimum atomic E-state index is 0.443. The molecule has 0 saturated carbocycles. The van der Waals surface area contributed by atoms with Crippen LogP contribution >= 0.6 is 11.8 Å². The van der Waals surface area contributed by atoms with E-state index < -0.39 is 0 Å². The summed E-state index contributed by atoms with van der Waals surface area (Å²) in [6.07, 6.45) is 4.72. The van der Waals surface area contributed by atoms with Gasteiger partial charge in [-0.3, -0.25) is 4.98 Å². The first-order valence-corrected chi connectivity index (χ1v) is 7.86. The van der Waals surface area contributed by atoms with E-state index in [4.69, 9.17) is 0 Å². The van der Waals surface area contributed by atoms with Crippen LogP contribution in [0.2, 0.25) is 0 Å². The fourth-order valence-corrected chi connectivity index (χ4v) is 2.93. The predicted octanol–water partition coefficient (Wildman–Crippen LogP) is 3.59. The van der Waals surface area contributed by atoms with Crippen molar-refractivity contribution >= 4 is 17.4 Å². The molecule has 0 spiro atoms. The van der Waals surface area contributed by atoms with Crippen molar-refractivity contribution in [2.45, 2.75) is 24.3 Å². The summed E-state index contributed by atoms with van der Waals surface area (Å²) in [5.74, 6) is 1.05. The van der Waals surface area contributed by atoms with E-state index >= 15 is 0 Å². The molecule has 1 unspecified atom stereocenters. The Morgan fingerprint density at radius 1 is 1.15 bits per heavy atom. The van der Waals surface area contributed by atoms with E-state index in [0.717, 1.165) is 17.9 Å². The van der Waals surface area contributed by atoms with Gasteiger partial charge >= 0.3 is 0 Å². The molecular formula is C16H21N3S. The van der Waals surface area contributed by atoms with Crippen LogP contribution in [0, 0.1) is 0 Å². The minimum Gasteiger partial charge on any atom is -0.311 e. The van der Waals surface area contributed by atoms with Crippen LogP contribution in [-0.2, 0) is 0 Å². The molecular weight excluding hydrogens is 266 g/mol. The molecule has 0 fully saturated rings. The lowest BCUT2D eigenvalue weighted by Crippen LogP contribution is -2.43. The van der Waals surface area contributed by atoms with Gasteiger partial charge in [-0.15, -0.1) is 11.8 Å². The number of hydrogen-bond acceptors (Lipinski definition) is 4. The maximum Gasteiger partial charge on any atom is 0.0547 e. The molecule has 2 aromatic rings. The quantitative estimate of drug-likeness (QED) is 0.622. The van der Waals surface area contributed by atoms with Gasteiger partial charge in [0.15, 0.2) is 0 Å². The maximum atomic E-state index is 4.04. The standard InChI is InChI=1S/C16H21N3S/c1-3-14(13-20-16-7-5-4-6-8-16)18-19(2)15-9-11-17-12-10-15/h4-12,14,18H,3,13H2,1-2H3. The van der Waals surface area contributed by atoms with Gasteiger partial charge < -0.3 is 5.01 Å². The largest absolute Gasteiger partial charge is 0.311 e. The second-order valence-electron chi connectivity index (χ2n) is 4.62. The summed E-state index contributed by atoms with van der Waals surface area (Å²) in [6, 6.07) is 15.0. The molecule has 3 nitrogen and oxygen atoms in total. The molecule has 0 aliphatic carbocycles. The topological polar surface area (TPSA) is 28.2 Å². The lowest BCUT2D eigenvalue weighted by molar-refractivity contribution is 0.535. The van der Waals surface area contributed by atoms with Crippen molar-refractivity contribution < 1.29 is 0 Å². The van der Waals surface area contributed by atoms with Gasteiger partial charge in [0.1, 0.15) is 0 Å². The number of rotatable bonds is 7. The molecule has 1 aromatic heterocycles. The normalized spacial score (nSPS) is 12.1. The van der Waals surface area contributed by atoms with Crippen molar-refractivity contribution in [3.63, 3.8) is 0 Å². The number of pyridine rings is 1. The zero-order valence-corrected chi connectivity index (χ0v) is 12.8. The van der Waals surface area contributed by atoms with Crippen LogP contribution in [0.3, 0.4) is 0 Å². The molecule has 0 radical (unpaired) electrons. The van der Waals surface area contributed by atoms with E-state index in [0.29, 0.717) is 6.04 Å². The van der Waals surface area contributed by atoms with Crippen molar-refractivity contribution in [1.29, 1.82) is 0 Å². The first-order valence-electron chi connectivity index (χ1n) is 6.87. The molecule has 0 amide bonds. The highest BCUT2D eigenvalue weighted by atomic mass is 32.2. The van der Waals surface area contributed by atoms with Gasteiger partial charge in [0.2, 0.25) is 0 Å². The molecule has 0 aliphatic heterocycles. The Morgan fingerprint density at radius 3 is 2.50 bits per heavy atom. The SMILES string of the molecule is CCC(CSc1ccccc1)NN(C)c1ccncc1.